The van der Waals surface area contributed by atoms with Gasteiger partial charge in [0.1, 0.15) is 11.0 Å². The zero-order valence-corrected chi connectivity index (χ0v) is 7.04. The molecular formula is C7H4ClN3O2. The van der Waals surface area contributed by atoms with E-state index in [0.717, 1.165) is 0 Å². The van der Waals surface area contributed by atoms with Crippen LogP contribution in [-0.4, -0.2) is 26.5 Å². The van der Waals surface area contributed by atoms with Gasteiger partial charge >= 0.3 is 5.97 Å². The minimum absolute atomic E-state index is 0.103. The summed E-state index contributed by atoms with van der Waals surface area (Å²) in [5.74, 6) is -1.04. The van der Waals surface area contributed by atoms with Crippen LogP contribution in [0.3, 0.4) is 0 Å². The van der Waals surface area contributed by atoms with Gasteiger partial charge in [-0.15, -0.1) is 5.10 Å². The topological polar surface area (TPSA) is 78.9 Å². The van der Waals surface area contributed by atoms with E-state index in [2.05, 4.69) is 15.4 Å². The minimum atomic E-state index is -1.04. The monoisotopic (exact) mass is 197 g/mol. The Kier molecular flexibility index (Phi) is 1.66. The van der Waals surface area contributed by atoms with Crippen LogP contribution < -0.4 is 0 Å². The fourth-order valence-corrected chi connectivity index (χ4v) is 1.29. The summed E-state index contributed by atoms with van der Waals surface area (Å²) in [6, 6.07) is 2.76. The molecule has 0 bridgehead atoms. The molecule has 0 saturated carbocycles. The van der Waals surface area contributed by atoms with E-state index in [1.807, 2.05) is 0 Å². The summed E-state index contributed by atoms with van der Waals surface area (Å²) in [7, 11) is 0. The number of H-pyrrole nitrogens is 1. The number of fused-ring (bicyclic) bond motifs is 1. The molecule has 0 unspecified atom stereocenters. The second kappa shape index (κ2) is 2.70. The lowest BCUT2D eigenvalue weighted by atomic mass is 10.2. The Morgan fingerprint density at radius 2 is 2.31 bits per heavy atom. The van der Waals surface area contributed by atoms with Crippen LogP contribution in [0, 0.1) is 0 Å². The van der Waals surface area contributed by atoms with Gasteiger partial charge in [-0.1, -0.05) is 16.8 Å². The highest BCUT2D eigenvalue weighted by atomic mass is 35.5. The molecule has 0 radical (unpaired) electrons. The summed E-state index contributed by atoms with van der Waals surface area (Å²) in [4.78, 5) is 10.6. The van der Waals surface area contributed by atoms with Gasteiger partial charge in [0, 0.05) is 0 Å². The molecule has 0 aliphatic rings. The number of hydrogen-bond donors (Lipinski definition) is 2. The molecule has 2 aromatic rings. The van der Waals surface area contributed by atoms with Crippen LogP contribution in [0.25, 0.3) is 11.0 Å². The largest absolute Gasteiger partial charge is 0.478 e. The number of halogens is 1. The van der Waals surface area contributed by atoms with Gasteiger partial charge in [0.25, 0.3) is 0 Å². The zero-order chi connectivity index (χ0) is 9.42. The van der Waals surface area contributed by atoms with E-state index in [1.165, 1.54) is 12.1 Å². The Balaban J connectivity index is 2.77. The lowest BCUT2D eigenvalue weighted by Crippen LogP contribution is -1.95. The second-order valence-corrected chi connectivity index (χ2v) is 2.88. The first-order valence-electron chi connectivity index (χ1n) is 3.42. The predicted molar refractivity (Wildman–Crippen MR) is 45.9 cm³/mol. The van der Waals surface area contributed by atoms with Gasteiger partial charge in [0.05, 0.1) is 10.6 Å². The number of carboxylic acid groups (broad SMARTS) is 1. The van der Waals surface area contributed by atoms with Gasteiger partial charge in [-0.05, 0) is 12.1 Å². The first-order chi connectivity index (χ1) is 6.18. The molecule has 0 saturated heterocycles. The highest BCUT2D eigenvalue weighted by Crippen LogP contribution is 2.21. The number of nitrogens with one attached hydrogen (secondary N) is 1. The van der Waals surface area contributed by atoms with Crippen LogP contribution in [0.2, 0.25) is 5.02 Å². The third-order valence-electron chi connectivity index (χ3n) is 1.64. The molecule has 0 atom stereocenters. The number of aromatic nitrogens is 3. The lowest BCUT2D eigenvalue weighted by molar-refractivity contribution is 0.0697. The number of carbonyl (C=O) groups is 1. The Bertz CT molecular complexity index is 480. The standard InChI is InChI=1S/C7H4ClN3O2/c8-4-1-3(7(12)13)2-5-6(4)10-11-9-5/h1-2H,(H,12,13)(H,9,10,11). The number of rotatable bonds is 1. The molecule has 1 heterocycles. The summed E-state index contributed by atoms with van der Waals surface area (Å²) >= 11 is 5.77. The van der Waals surface area contributed by atoms with Gasteiger partial charge in [-0.3, -0.25) is 5.10 Å². The third kappa shape index (κ3) is 1.23. The summed E-state index contributed by atoms with van der Waals surface area (Å²) < 4.78 is 0. The first kappa shape index (κ1) is 8.00. The van der Waals surface area contributed by atoms with Crippen molar-refractivity contribution in [1.82, 2.24) is 15.4 Å². The van der Waals surface area contributed by atoms with Gasteiger partial charge in [0.15, 0.2) is 0 Å². The van der Waals surface area contributed by atoms with Crippen LogP contribution in [0.5, 0.6) is 0 Å². The maximum Gasteiger partial charge on any atom is 0.335 e. The Hall–Kier alpha value is -1.62. The highest BCUT2D eigenvalue weighted by Gasteiger charge is 2.09. The van der Waals surface area contributed by atoms with E-state index in [1.54, 1.807) is 0 Å². The molecule has 13 heavy (non-hydrogen) atoms. The van der Waals surface area contributed by atoms with Crippen molar-refractivity contribution in [3.8, 4) is 0 Å². The maximum atomic E-state index is 10.6. The second-order valence-electron chi connectivity index (χ2n) is 2.47. The molecular weight excluding hydrogens is 194 g/mol. The van der Waals surface area contributed by atoms with Crippen LogP contribution in [-0.2, 0) is 0 Å². The molecule has 5 nitrogen and oxygen atoms in total. The van der Waals surface area contributed by atoms with Gasteiger partial charge in [-0.25, -0.2) is 4.79 Å². The Morgan fingerprint density at radius 1 is 1.54 bits per heavy atom. The average molecular weight is 198 g/mol. The first-order valence-corrected chi connectivity index (χ1v) is 3.80. The van der Waals surface area contributed by atoms with E-state index >= 15 is 0 Å². The van der Waals surface area contributed by atoms with Crippen molar-refractivity contribution in [3.63, 3.8) is 0 Å². The van der Waals surface area contributed by atoms with Gasteiger partial charge in [0.2, 0.25) is 0 Å². The van der Waals surface area contributed by atoms with E-state index in [-0.39, 0.29) is 5.56 Å². The van der Waals surface area contributed by atoms with Crippen LogP contribution in [0.1, 0.15) is 10.4 Å². The predicted octanol–water partition coefficient (Wildman–Crippen LogP) is 1.31. The van der Waals surface area contributed by atoms with Crippen LogP contribution >= 0.6 is 11.6 Å². The van der Waals surface area contributed by atoms with Crippen molar-refractivity contribution < 1.29 is 9.90 Å². The van der Waals surface area contributed by atoms with Crippen molar-refractivity contribution in [2.75, 3.05) is 0 Å². The minimum Gasteiger partial charge on any atom is -0.478 e. The van der Waals surface area contributed by atoms with Crippen molar-refractivity contribution in [3.05, 3.63) is 22.7 Å². The van der Waals surface area contributed by atoms with Gasteiger partial charge < -0.3 is 5.11 Å². The molecule has 6 heteroatoms. The summed E-state index contributed by atoms with van der Waals surface area (Å²) in [6.45, 7) is 0. The molecule has 1 aromatic heterocycles. The Labute approximate surface area is 77.3 Å². The van der Waals surface area contributed by atoms with Crippen LogP contribution in [0.15, 0.2) is 12.1 Å². The van der Waals surface area contributed by atoms with E-state index < -0.39 is 5.97 Å². The molecule has 0 fully saturated rings. The number of carboxylic acids is 1. The Morgan fingerprint density at radius 3 is 3.00 bits per heavy atom. The third-order valence-corrected chi connectivity index (χ3v) is 1.93. The molecule has 1 aromatic carbocycles. The SMILES string of the molecule is O=C(O)c1cc(Cl)c2[nH]nnc2c1. The average Bonchev–Trinajstić information content (AvgIpc) is 2.51. The summed E-state index contributed by atoms with van der Waals surface area (Å²) in [5.41, 5.74) is 1.10. The number of aromatic carboxylic acids is 1. The fourth-order valence-electron chi connectivity index (χ4n) is 1.03. The molecule has 0 spiro atoms. The molecule has 2 rings (SSSR count). The zero-order valence-electron chi connectivity index (χ0n) is 6.28. The number of hydrogen-bond acceptors (Lipinski definition) is 3. The fraction of sp³-hybridized carbons (Fsp3) is 0. The van der Waals surface area contributed by atoms with Crippen LogP contribution in [0.4, 0.5) is 0 Å². The molecule has 0 amide bonds. The molecule has 0 aliphatic carbocycles. The van der Waals surface area contributed by atoms with Gasteiger partial charge in [-0.2, -0.15) is 0 Å². The molecule has 66 valence electrons. The normalized spacial score (nSPS) is 10.5. The quantitative estimate of drug-likeness (QED) is 0.723. The van der Waals surface area contributed by atoms with Crippen molar-refractivity contribution in [2.45, 2.75) is 0 Å². The van der Waals surface area contributed by atoms with Crippen molar-refractivity contribution >= 4 is 28.6 Å². The number of nitrogens with zero attached hydrogens (tertiary/aromatic N) is 2. The van der Waals surface area contributed by atoms with E-state index in [0.29, 0.717) is 16.1 Å². The number of aromatic amines is 1. The molecule has 0 aliphatic heterocycles. The summed E-state index contributed by atoms with van der Waals surface area (Å²) in [5, 5.41) is 18.7. The van der Waals surface area contributed by atoms with E-state index in [4.69, 9.17) is 16.7 Å². The maximum absolute atomic E-state index is 10.6. The lowest BCUT2D eigenvalue weighted by Gasteiger charge is -1.95. The smallest absolute Gasteiger partial charge is 0.335 e. The highest BCUT2D eigenvalue weighted by molar-refractivity contribution is 6.35. The number of benzene rings is 1. The van der Waals surface area contributed by atoms with Crippen molar-refractivity contribution in [2.24, 2.45) is 0 Å². The van der Waals surface area contributed by atoms with Crippen molar-refractivity contribution in [1.29, 1.82) is 0 Å². The summed E-state index contributed by atoms with van der Waals surface area (Å²) in [6.07, 6.45) is 0. The van der Waals surface area contributed by atoms with E-state index in [9.17, 15) is 4.79 Å². The molecule has 2 N–H and O–H groups in total.